The third-order valence-electron chi connectivity index (χ3n) is 3.92. The Morgan fingerprint density at radius 1 is 1.24 bits per heavy atom. The first-order chi connectivity index (χ1) is 10.0. The maximum absolute atomic E-state index is 12.8. The summed E-state index contributed by atoms with van der Waals surface area (Å²) in [5.41, 5.74) is 0.0684. The van der Waals surface area contributed by atoms with Gasteiger partial charge in [0.25, 0.3) is 0 Å². The van der Waals surface area contributed by atoms with Gasteiger partial charge in [0, 0.05) is 13.1 Å². The van der Waals surface area contributed by atoms with Crippen LogP contribution in [0.25, 0.3) is 0 Å². The zero-order valence-corrected chi connectivity index (χ0v) is 12.5. The van der Waals surface area contributed by atoms with Crippen molar-refractivity contribution in [3.05, 3.63) is 29.8 Å². The lowest BCUT2D eigenvalue weighted by molar-refractivity contribution is -0.0114. The van der Waals surface area contributed by atoms with Crippen molar-refractivity contribution in [1.82, 2.24) is 4.31 Å². The number of methoxy groups -OCH3 is 1. The monoisotopic (exact) mass is 311 g/mol. The molecular formula is C14H17NO5S. The highest BCUT2D eigenvalue weighted by Gasteiger charge is 2.40. The van der Waals surface area contributed by atoms with Crippen LogP contribution >= 0.6 is 0 Å². The lowest BCUT2D eigenvalue weighted by atomic mass is 10.2. The van der Waals surface area contributed by atoms with E-state index in [9.17, 15) is 13.2 Å². The van der Waals surface area contributed by atoms with Crippen LogP contribution in [0.1, 0.15) is 23.2 Å². The number of nitrogens with zero attached hydrogens (tertiary/aromatic N) is 1. The lowest BCUT2D eigenvalue weighted by Gasteiger charge is -2.31. The SMILES string of the molecule is COC(=O)c1ccccc1S(=O)(=O)N1CC2CCC(C1)O2. The Labute approximate surface area is 123 Å². The average Bonchev–Trinajstić information content (AvgIpc) is 2.84. The van der Waals surface area contributed by atoms with E-state index in [0.717, 1.165) is 12.8 Å². The Hall–Kier alpha value is -1.44. The van der Waals surface area contributed by atoms with Crippen LogP contribution in [-0.4, -0.2) is 51.1 Å². The van der Waals surface area contributed by atoms with Crippen LogP contribution in [0.4, 0.5) is 0 Å². The number of fused-ring (bicyclic) bond motifs is 2. The molecule has 2 unspecified atom stereocenters. The topological polar surface area (TPSA) is 72.9 Å². The zero-order valence-electron chi connectivity index (χ0n) is 11.7. The molecule has 0 saturated carbocycles. The number of morpholine rings is 1. The highest BCUT2D eigenvalue weighted by Crippen LogP contribution is 2.30. The van der Waals surface area contributed by atoms with Crippen molar-refractivity contribution < 1.29 is 22.7 Å². The van der Waals surface area contributed by atoms with E-state index in [-0.39, 0.29) is 22.7 Å². The Bertz CT molecular complexity index is 645. The quantitative estimate of drug-likeness (QED) is 0.780. The summed E-state index contributed by atoms with van der Waals surface area (Å²) in [6.07, 6.45) is 1.69. The summed E-state index contributed by atoms with van der Waals surface area (Å²) in [6.45, 7) is 0.683. The normalized spacial score (nSPS) is 25.8. The van der Waals surface area contributed by atoms with Crippen LogP contribution in [0.5, 0.6) is 0 Å². The molecule has 3 rings (SSSR count). The van der Waals surface area contributed by atoms with Crippen LogP contribution in [0.3, 0.4) is 0 Å². The number of ether oxygens (including phenoxy) is 2. The highest BCUT2D eigenvalue weighted by molar-refractivity contribution is 7.89. The number of carbonyl (C=O) groups excluding carboxylic acids is 1. The fourth-order valence-corrected chi connectivity index (χ4v) is 4.57. The highest BCUT2D eigenvalue weighted by atomic mass is 32.2. The van der Waals surface area contributed by atoms with Gasteiger partial charge in [-0.05, 0) is 25.0 Å². The van der Waals surface area contributed by atoms with Gasteiger partial charge < -0.3 is 9.47 Å². The summed E-state index contributed by atoms with van der Waals surface area (Å²) >= 11 is 0. The molecule has 2 saturated heterocycles. The zero-order chi connectivity index (χ0) is 15.0. The minimum atomic E-state index is -3.72. The summed E-state index contributed by atoms with van der Waals surface area (Å²) in [6, 6.07) is 6.13. The smallest absolute Gasteiger partial charge is 0.339 e. The van der Waals surface area contributed by atoms with E-state index in [1.165, 1.54) is 23.5 Å². The maximum atomic E-state index is 12.8. The molecule has 2 aliphatic heterocycles. The Kier molecular flexibility index (Phi) is 3.73. The molecule has 2 heterocycles. The fraction of sp³-hybridized carbons (Fsp3) is 0.500. The van der Waals surface area contributed by atoms with E-state index in [2.05, 4.69) is 4.74 Å². The standard InChI is InChI=1S/C14H17NO5S/c1-19-14(16)12-4-2-3-5-13(12)21(17,18)15-8-10-6-7-11(9-15)20-10/h2-5,10-11H,6-9H2,1H3. The Morgan fingerprint density at radius 3 is 2.48 bits per heavy atom. The molecule has 0 aliphatic carbocycles. The van der Waals surface area contributed by atoms with Crippen molar-refractivity contribution in [2.75, 3.05) is 20.2 Å². The number of sulfonamides is 1. The molecule has 1 aromatic rings. The fourth-order valence-electron chi connectivity index (χ4n) is 2.88. The molecular weight excluding hydrogens is 294 g/mol. The third-order valence-corrected chi connectivity index (χ3v) is 5.81. The van der Waals surface area contributed by atoms with Gasteiger partial charge in [0.15, 0.2) is 0 Å². The van der Waals surface area contributed by atoms with Crippen molar-refractivity contribution in [1.29, 1.82) is 0 Å². The second-order valence-electron chi connectivity index (χ2n) is 5.27. The molecule has 2 atom stereocenters. The predicted molar refractivity (Wildman–Crippen MR) is 74.4 cm³/mol. The number of esters is 1. The second-order valence-corrected chi connectivity index (χ2v) is 7.17. The number of hydrogen-bond acceptors (Lipinski definition) is 5. The third kappa shape index (κ3) is 2.56. The van der Waals surface area contributed by atoms with Gasteiger partial charge in [0.2, 0.25) is 10.0 Å². The molecule has 2 aliphatic rings. The van der Waals surface area contributed by atoms with Crippen LogP contribution in [0.2, 0.25) is 0 Å². The average molecular weight is 311 g/mol. The first kappa shape index (κ1) is 14.5. The van der Waals surface area contributed by atoms with Crippen LogP contribution in [0.15, 0.2) is 29.2 Å². The van der Waals surface area contributed by atoms with Gasteiger partial charge in [-0.3, -0.25) is 0 Å². The van der Waals surface area contributed by atoms with Crippen LogP contribution in [0, 0.1) is 0 Å². The molecule has 6 nitrogen and oxygen atoms in total. The van der Waals surface area contributed by atoms with E-state index in [4.69, 9.17) is 4.74 Å². The van der Waals surface area contributed by atoms with E-state index < -0.39 is 16.0 Å². The lowest BCUT2D eigenvalue weighted by Crippen LogP contribution is -2.46. The van der Waals surface area contributed by atoms with Gasteiger partial charge in [-0.1, -0.05) is 12.1 Å². The molecule has 7 heteroatoms. The van der Waals surface area contributed by atoms with Gasteiger partial charge in [-0.15, -0.1) is 0 Å². The molecule has 2 bridgehead atoms. The second kappa shape index (κ2) is 5.40. The van der Waals surface area contributed by atoms with Crippen LogP contribution < -0.4 is 0 Å². The van der Waals surface area contributed by atoms with Crippen molar-refractivity contribution >= 4 is 16.0 Å². The van der Waals surface area contributed by atoms with E-state index in [1.54, 1.807) is 12.1 Å². The first-order valence-electron chi connectivity index (χ1n) is 6.85. The Balaban J connectivity index is 1.97. The summed E-state index contributed by atoms with van der Waals surface area (Å²) in [5.74, 6) is -0.648. The van der Waals surface area contributed by atoms with E-state index in [1.807, 2.05) is 0 Å². The summed E-state index contributed by atoms with van der Waals surface area (Å²) in [7, 11) is -2.48. The molecule has 0 aromatic heterocycles. The molecule has 0 N–H and O–H groups in total. The molecule has 0 amide bonds. The summed E-state index contributed by atoms with van der Waals surface area (Å²) in [5, 5.41) is 0. The van der Waals surface area contributed by atoms with Crippen molar-refractivity contribution in [2.24, 2.45) is 0 Å². The predicted octanol–water partition coefficient (Wildman–Crippen LogP) is 1.03. The van der Waals surface area contributed by atoms with Crippen molar-refractivity contribution in [2.45, 2.75) is 29.9 Å². The molecule has 0 spiro atoms. The summed E-state index contributed by atoms with van der Waals surface area (Å²) < 4.78 is 37.4. The van der Waals surface area contributed by atoms with E-state index >= 15 is 0 Å². The largest absolute Gasteiger partial charge is 0.465 e. The minimum Gasteiger partial charge on any atom is -0.465 e. The Morgan fingerprint density at radius 2 is 1.86 bits per heavy atom. The van der Waals surface area contributed by atoms with E-state index in [0.29, 0.717) is 13.1 Å². The van der Waals surface area contributed by atoms with Crippen LogP contribution in [-0.2, 0) is 19.5 Å². The number of hydrogen-bond donors (Lipinski definition) is 0. The van der Waals surface area contributed by atoms with Gasteiger partial charge in [0.05, 0.1) is 29.8 Å². The summed E-state index contributed by atoms with van der Waals surface area (Å²) in [4.78, 5) is 11.8. The van der Waals surface area contributed by atoms with Crippen molar-refractivity contribution in [3.8, 4) is 0 Å². The molecule has 114 valence electrons. The van der Waals surface area contributed by atoms with Gasteiger partial charge in [0.1, 0.15) is 0 Å². The minimum absolute atomic E-state index is 0.00171. The number of carbonyl (C=O) groups is 1. The number of rotatable bonds is 3. The van der Waals surface area contributed by atoms with Crippen molar-refractivity contribution in [3.63, 3.8) is 0 Å². The molecule has 0 radical (unpaired) electrons. The van der Waals surface area contributed by atoms with Gasteiger partial charge >= 0.3 is 5.97 Å². The molecule has 21 heavy (non-hydrogen) atoms. The molecule has 1 aromatic carbocycles. The first-order valence-corrected chi connectivity index (χ1v) is 8.29. The van der Waals surface area contributed by atoms with Gasteiger partial charge in [-0.25, -0.2) is 13.2 Å². The van der Waals surface area contributed by atoms with Gasteiger partial charge in [-0.2, -0.15) is 4.31 Å². The maximum Gasteiger partial charge on any atom is 0.339 e. The molecule has 2 fully saturated rings. The number of benzene rings is 1.